The molecule has 4 rings (SSSR count). The maximum Gasteiger partial charge on any atom is 0.114 e. The molecule has 1 aromatic carbocycles. The van der Waals surface area contributed by atoms with Crippen molar-refractivity contribution in [2.24, 2.45) is 0 Å². The first-order valence-corrected chi connectivity index (χ1v) is 7.09. The van der Waals surface area contributed by atoms with Gasteiger partial charge < -0.3 is 15.3 Å². The van der Waals surface area contributed by atoms with Gasteiger partial charge in [-0.15, -0.1) is 0 Å². The summed E-state index contributed by atoms with van der Waals surface area (Å²) in [5.74, 6) is 1.12. The Bertz CT molecular complexity index is 749. The largest absolute Gasteiger partial charge is 0.360 e. The average molecular weight is 266 g/mol. The molecule has 102 valence electrons. The van der Waals surface area contributed by atoms with E-state index in [9.17, 15) is 0 Å². The molecule has 4 nitrogen and oxygen atoms in total. The molecule has 0 radical (unpaired) electrons. The Morgan fingerprint density at radius 1 is 1.30 bits per heavy atom. The van der Waals surface area contributed by atoms with Crippen LogP contribution in [0.4, 0.5) is 0 Å². The minimum atomic E-state index is 0.235. The highest BCUT2D eigenvalue weighted by molar-refractivity contribution is 5.94. The SMILES string of the molecule is CNCC1(c2ncc(-c3c[nH]c4ccccc34)[nH]2)CC1. The molecule has 3 N–H and O–H groups in total. The molecule has 2 aromatic heterocycles. The predicted octanol–water partition coefficient (Wildman–Crippen LogP) is 2.81. The number of hydrogen-bond acceptors (Lipinski definition) is 2. The van der Waals surface area contributed by atoms with E-state index in [1.165, 1.54) is 23.8 Å². The Hall–Kier alpha value is -2.07. The van der Waals surface area contributed by atoms with Crippen LogP contribution < -0.4 is 5.32 Å². The molecule has 0 bridgehead atoms. The molecule has 20 heavy (non-hydrogen) atoms. The van der Waals surface area contributed by atoms with Crippen LogP contribution in [0.5, 0.6) is 0 Å². The van der Waals surface area contributed by atoms with E-state index in [-0.39, 0.29) is 5.41 Å². The van der Waals surface area contributed by atoms with Gasteiger partial charge in [-0.05, 0) is 26.0 Å². The topological polar surface area (TPSA) is 56.5 Å². The van der Waals surface area contributed by atoms with Gasteiger partial charge in [-0.25, -0.2) is 4.98 Å². The summed E-state index contributed by atoms with van der Waals surface area (Å²) in [5.41, 5.74) is 3.69. The van der Waals surface area contributed by atoms with E-state index in [1.807, 2.05) is 19.3 Å². The van der Waals surface area contributed by atoms with Crippen LogP contribution >= 0.6 is 0 Å². The molecular formula is C16H18N4. The number of fused-ring (bicyclic) bond motifs is 1. The van der Waals surface area contributed by atoms with Crippen LogP contribution in [0.2, 0.25) is 0 Å². The Kier molecular flexibility index (Phi) is 2.47. The van der Waals surface area contributed by atoms with Gasteiger partial charge in [0, 0.05) is 34.6 Å². The van der Waals surface area contributed by atoms with Crippen molar-refractivity contribution in [3.63, 3.8) is 0 Å². The summed E-state index contributed by atoms with van der Waals surface area (Å²) < 4.78 is 0. The third-order valence-electron chi connectivity index (χ3n) is 4.33. The second-order valence-electron chi connectivity index (χ2n) is 5.70. The lowest BCUT2D eigenvalue weighted by Crippen LogP contribution is -2.24. The normalized spacial score (nSPS) is 16.6. The minimum Gasteiger partial charge on any atom is -0.360 e. The van der Waals surface area contributed by atoms with E-state index >= 15 is 0 Å². The van der Waals surface area contributed by atoms with Crippen molar-refractivity contribution < 1.29 is 0 Å². The van der Waals surface area contributed by atoms with Crippen molar-refractivity contribution in [1.29, 1.82) is 0 Å². The highest BCUT2D eigenvalue weighted by Crippen LogP contribution is 2.46. The first kappa shape index (κ1) is 11.7. The summed E-state index contributed by atoms with van der Waals surface area (Å²) >= 11 is 0. The van der Waals surface area contributed by atoms with Crippen molar-refractivity contribution in [3.8, 4) is 11.3 Å². The van der Waals surface area contributed by atoms with Gasteiger partial charge in [0.15, 0.2) is 0 Å². The molecule has 1 saturated carbocycles. The van der Waals surface area contributed by atoms with Gasteiger partial charge in [-0.2, -0.15) is 0 Å². The quantitative estimate of drug-likeness (QED) is 0.680. The van der Waals surface area contributed by atoms with Crippen LogP contribution in [0.1, 0.15) is 18.7 Å². The van der Waals surface area contributed by atoms with E-state index in [1.54, 1.807) is 0 Å². The zero-order valence-electron chi connectivity index (χ0n) is 11.5. The molecule has 3 aromatic rings. The number of rotatable bonds is 4. The van der Waals surface area contributed by atoms with Crippen molar-refractivity contribution in [1.82, 2.24) is 20.3 Å². The lowest BCUT2D eigenvalue weighted by molar-refractivity contribution is 0.594. The summed E-state index contributed by atoms with van der Waals surface area (Å²) in [4.78, 5) is 11.5. The number of aromatic nitrogens is 3. The summed E-state index contributed by atoms with van der Waals surface area (Å²) in [6.07, 6.45) is 6.45. The molecular weight excluding hydrogens is 248 g/mol. The van der Waals surface area contributed by atoms with Crippen LogP contribution in [0.3, 0.4) is 0 Å². The Morgan fingerprint density at radius 3 is 2.95 bits per heavy atom. The standard InChI is InChI=1S/C16H18N4/c1-17-10-16(6-7-16)15-19-9-14(20-15)12-8-18-13-5-3-2-4-11(12)13/h2-5,8-9,17-18H,6-7,10H2,1H3,(H,19,20). The average Bonchev–Trinajstić information content (AvgIpc) is 2.92. The lowest BCUT2D eigenvalue weighted by Gasteiger charge is -2.10. The molecule has 1 aliphatic carbocycles. The maximum absolute atomic E-state index is 4.62. The maximum atomic E-state index is 4.62. The molecule has 0 amide bonds. The molecule has 0 spiro atoms. The Morgan fingerprint density at radius 2 is 2.15 bits per heavy atom. The zero-order chi connectivity index (χ0) is 13.6. The third kappa shape index (κ3) is 1.68. The molecule has 1 fully saturated rings. The number of hydrogen-bond donors (Lipinski definition) is 3. The number of imidazole rings is 1. The summed E-state index contributed by atoms with van der Waals surface area (Å²) in [6.45, 7) is 0.994. The predicted molar refractivity (Wildman–Crippen MR) is 80.7 cm³/mol. The van der Waals surface area contributed by atoms with E-state index in [2.05, 4.69) is 44.7 Å². The molecule has 2 heterocycles. The number of likely N-dealkylation sites (N-methyl/N-ethyl adjacent to an activating group) is 1. The number of H-pyrrole nitrogens is 2. The van der Waals surface area contributed by atoms with E-state index < -0.39 is 0 Å². The van der Waals surface area contributed by atoms with Gasteiger partial charge in [-0.1, -0.05) is 18.2 Å². The van der Waals surface area contributed by atoms with Crippen LogP contribution in [-0.2, 0) is 5.41 Å². The fourth-order valence-corrected chi connectivity index (χ4v) is 3.01. The fraction of sp³-hybridized carbons (Fsp3) is 0.312. The monoisotopic (exact) mass is 266 g/mol. The molecule has 0 aliphatic heterocycles. The van der Waals surface area contributed by atoms with Crippen molar-refractivity contribution in [3.05, 3.63) is 42.5 Å². The van der Waals surface area contributed by atoms with Gasteiger partial charge in [0.25, 0.3) is 0 Å². The first-order valence-electron chi connectivity index (χ1n) is 7.09. The van der Waals surface area contributed by atoms with E-state index in [0.29, 0.717) is 0 Å². The molecule has 0 saturated heterocycles. The number of nitrogens with zero attached hydrogens (tertiary/aromatic N) is 1. The Labute approximate surface area is 117 Å². The summed E-state index contributed by atoms with van der Waals surface area (Å²) in [7, 11) is 2.00. The van der Waals surface area contributed by atoms with E-state index in [0.717, 1.165) is 23.6 Å². The van der Waals surface area contributed by atoms with Gasteiger partial charge in [-0.3, -0.25) is 0 Å². The van der Waals surface area contributed by atoms with Crippen molar-refractivity contribution >= 4 is 10.9 Å². The minimum absolute atomic E-state index is 0.235. The highest BCUT2D eigenvalue weighted by atomic mass is 15.0. The number of aromatic amines is 2. The van der Waals surface area contributed by atoms with Crippen molar-refractivity contribution in [2.75, 3.05) is 13.6 Å². The summed E-state index contributed by atoms with van der Waals surface area (Å²) in [5, 5.41) is 4.51. The molecule has 0 unspecified atom stereocenters. The molecule has 4 heteroatoms. The second kappa shape index (κ2) is 4.21. The third-order valence-corrected chi connectivity index (χ3v) is 4.33. The first-order chi connectivity index (χ1) is 9.82. The number of nitrogens with one attached hydrogen (secondary N) is 3. The van der Waals surface area contributed by atoms with Crippen LogP contribution in [0, 0.1) is 0 Å². The van der Waals surface area contributed by atoms with Crippen molar-refractivity contribution in [2.45, 2.75) is 18.3 Å². The van der Waals surface area contributed by atoms with E-state index in [4.69, 9.17) is 0 Å². The smallest absolute Gasteiger partial charge is 0.114 e. The molecule has 1 aliphatic rings. The van der Waals surface area contributed by atoms with Crippen LogP contribution in [-0.4, -0.2) is 28.5 Å². The zero-order valence-corrected chi connectivity index (χ0v) is 11.5. The Balaban J connectivity index is 1.75. The van der Waals surface area contributed by atoms with Gasteiger partial charge >= 0.3 is 0 Å². The number of benzene rings is 1. The highest BCUT2D eigenvalue weighted by Gasteiger charge is 2.46. The van der Waals surface area contributed by atoms with Crippen LogP contribution in [0.25, 0.3) is 22.2 Å². The lowest BCUT2D eigenvalue weighted by atomic mass is 10.1. The second-order valence-corrected chi connectivity index (χ2v) is 5.70. The number of para-hydroxylation sites is 1. The van der Waals surface area contributed by atoms with Crippen LogP contribution in [0.15, 0.2) is 36.7 Å². The van der Waals surface area contributed by atoms with Gasteiger partial charge in [0.1, 0.15) is 5.82 Å². The van der Waals surface area contributed by atoms with Gasteiger partial charge in [0.2, 0.25) is 0 Å². The van der Waals surface area contributed by atoms with Gasteiger partial charge in [0.05, 0.1) is 11.9 Å². The fourth-order valence-electron chi connectivity index (χ4n) is 3.01. The molecule has 0 atom stereocenters. The summed E-state index contributed by atoms with van der Waals surface area (Å²) in [6, 6.07) is 8.36.